The van der Waals surface area contributed by atoms with Gasteiger partial charge in [-0.1, -0.05) is 49.8 Å². The highest BCUT2D eigenvalue weighted by molar-refractivity contribution is 5.87. The molecule has 0 bridgehead atoms. The van der Waals surface area contributed by atoms with Crippen LogP contribution in [-0.2, 0) is 11.3 Å². The summed E-state index contributed by atoms with van der Waals surface area (Å²) >= 11 is 0. The predicted molar refractivity (Wildman–Crippen MR) is 93.0 cm³/mol. The molecule has 1 aromatic rings. The lowest BCUT2D eigenvalue weighted by Crippen LogP contribution is -2.50. The third kappa shape index (κ3) is 7.49. The Labute approximate surface area is 138 Å². The van der Waals surface area contributed by atoms with Gasteiger partial charge in [0.25, 0.3) is 0 Å². The van der Waals surface area contributed by atoms with Crippen LogP contribution in [0, 0.1) is 12.8 Å². The van der Waals surface area contributed by atoms with E-state index in [0.717, 1.165) is 5.56 Å². The van der Waals surface area contributed by atoms with E-state index in [1.54, 1.807) is 6.08 Å². The molecule has 1 atom stereocenters. The summed E-state index contributed by atoms with van der Waals surface area (Å²) in [7, 11) is 0. The minimum atomic E-state index is -0.548. The van der Waals surface area contributed by atoms with Crippen molar-refractivity contribution in [2.75, 3.05) is 6.54 Å². The Morgan fingerprint density at radius 1 is 1.17 bits per heavy atom. The van der Waals surface area contributed by atoms with E-state index < -0.39 is 6.04 Å². The average Bonchev–Trinajstić information content (AvgIpc) is 2.51. The smallest absolute Gasteiger partial charge is 0.315 e. The summed E-state index contributed by atoms with van der Waals surface area (Å²) in [6.07, 6.45) is 2.20. The van der Waals surface area contributed by atoms with Crippen LogP contribution in [0.5, 0.6) is 0 Å². The van der Waals surface area contributed by atoms with Crippen LogP contribution in [0.3, 0.4) is 0 Å². The normalized spacial score (nSPS) is 11.7. The van der Waals surface area contributed by atoms with Crippen LogP contribution in [0.25, 0.3) is 0 Å². The molecular weight excluding hydrogens is 290 g/mol. The fraction of sp³-hybridized carbons (Fsp3) is 0.444. The first kappa shape index (κ1) is 18.7. The van der Waals surface area contributed by atoms with Crippen LogP contribution in [0.4, 0.5) is 4.79 Å². The number of rotatable bonds is 8. The van der Waals surface area contributed by atoms with Crippen LogP contribution in [-0.4, -0.2) is 24.5 Å². The summed E-state index contributed by atoms with van der Waals surface area (Å²) in [5.41, 5.74) is 2.19. The van der Waals surface area contributed by atoms with E-state index in [1.807, 2.05) is 45.0 Å². The third-order valence-corrected chi connectivity index (χ3v) is 3.32. The fourth-order valence-corrected chi connectivity index (χ4v) is 2.10. The summed E-state index contributed by atoms with van der Waals surface area (Å²) in [5, 5.41) is 8.25. The zero-order valence-electron chi connectivity index (χ0n) is 14.2. The van der Waals surface area contributed by atoms with Gasteiger partial charge >= 0.3 is 6.03 Å². The summed E-state index contributed by atoms with van der Waals surface area (Å²) in [5.74, 6) is 0.107. The standard InChI is InChI=1S/C18H27N3O2/c1-5-10-19-17(22)16(11-13(2)3)21-18(23)20-12-15-8-6-14(4)7-9-15/h5-9,13,16H,1,10-12H2,2-4H3,(H,19,22)(H2,20,21,23)/t16-/m0/s1. The van der Waals surface area contributed by atoms with Gasteiger partial charge in [-0.2, -0.15) is 0 Å². The Hall–Kier alpha value is -2.30. The topological polar surface area (TPSA) is 70.2 Å². The van der Waals surface area contributed by atoms with Crippen molar-refractivity contribution >= 4 is 11.9 Å². The van der Waals surface area contributed by atoms with Crippen LogP contribution in [0.15, 0.2) is 36.9 Å². The molecule has 0 spiro atoms. The van der Waals surface area contributed by atoms with Crippen molar-refractivity contribution in [3.63, 3.8) is 0 Å². The molecule has 0 radical (unpaired) electrons. The van der Waals surface area contributed by atoms with Gasteiger partial charge in [-0.25, -0.2) is 4.79 Å². The second-order valence-electron chi connectivity index (χ2n) is 6.03. The number of hydrogen-bond acceptors (Lipinski definition) is 2. The molecule has 1 rings (SSSR count). The van der Waals surface area contributed by atoms with Gasteiger partial charge in [-0.05, 0) is 24.8 Å². The maximum absolute atomic E-state index is 12.1. The van der Waals surface area contributed by atoms with Gasteiger partial charge < -0.3 is 16.0 Å². The Balaban J connectivity index is 2.52. The molecule has 126 valence electrons. The van der Waals surface area contributed by atoms with Crippen LogP contribution in [0.1, 0.15) is 31.4 Å². The molecule has 1 aromatic carbocycles. The van der Waals surface area contributed by atoms with Crippen molar-refractivity contribution in [2.24, 2.45) is 5.92 Å². The first-order valence-corrected chi connectivity index (χ1v) is 7.91. The molecule has 0 saturated carbocycles. The van der Waals surface area contributed by atoms with Crippen LogP contribution >= 0.6 is 0 Å². The number of benzene rings is 1. The molecule has 5 heteroatoms. The molecule has 5 nitrogen and oxygen atoms in total. The lowest BCUT2D eigenvalue weighted by atomic mass is 10.0. The van der Waals surface area contributed by atoms with Crippen molar-refractivity contribution < 1.29 is 9.59 Å². The number of aryl methyl sites for hydroxylation is 1. The minimum absolute atomic E-state index is 0.191. The lowest BCUT2D eigenvalue weighted by Gasteiger charge is -2.20. The van der Waals surface area contributed by atoms with Gasteiger partial charge in [-0.3, -0.25) is 4.79 Å². The second kappa shape index (κ2) is 9.66. The highest BCUT2D eigenvalue weighted by Gasteiger charge is 2.21. The maximum atomic E-state index is 12.1. The molecule has 0 aromatic heterocycles. The van der Waals surface area contributed by atoms with E-state index in [9.17, 15) is 9.59 Å². The molecule has 23 heavy (non-hydrogen) atoms. The number of carbonyl (C=O) groups is 2. The molecule has 0 aliphatic carbocycles. The monoisotopic (exact) mass is 317 g/mol. The number of carbonyl (C=O) groups excluding carboxylic acids is 2. The van der Waals surface area contributed by atoms with Crippen molar-refractivity contribution in [3.05, 3.63) is 48.0 Å². The molecular formula is C18H27N3O2. The van der Waals surface area contributed by atoms with Gasteiger partial charge in [0.05, 0.1) is 0 Å². The SMILES string of the molecule is C=CCNC(=O)[C@H](CC(C)C)NC(=O)NCc1ccc(C)cc1. The lowest BCUT2D eigenvalue weighted by molar-refractivity contribution is -0.123. The van der Waals surface area contributed by atoms with E-state index in [1.165, 1.54) is 5.56 Å². The summed E-state index contributed by atoms with van der Waals surface area (Å²) in [6, 6.07) is 7.05. The van der Waals surface area contributed by atoms with Crippen molar-refractivity contribution in [2.45, 2.75) is 39.8 Å². The van der Waals surface area contributed by atoms with Gasteiger partial charge in [0.15, 0.2) is 0 Å². The largest absolute Gasteiger partial charge is 0.351 e. The van der Waals surface area contributed by atoms with Gasteiger partial charge in [0.2, 0.25) is 5.91 Å². The highest BCUT2D eigenvalue weighted by Crippen LogP contribution is 2.05. The summed E-state index contributed by atoms with van der Waals surface area (Å²) in [6.45, 7) is 10.4. The summed E-state index contributed by atoms with van der Waals surface area (Å²) in [4.78, 5) is 24.1. The van der Waals surface area contributed by atoms with Crippen molar-refractivity contribution in [1.29, 1.82) is 0 Å². The van der Waals surface area contributed by atoms with Crippen LogP contribution < -0.4 is 16.0 Å². The Bertz CT molecular complexity index is 524. The van der Waals surface area contributed by atoms with Gasteiger partial charge in [0.1, 0.15) is 6.04 Å². The molecule has 0 aliphatic rings. The van der Waals surface area contributed by atoms with E-state index >= 15 is 0 Å². The summed E-state index contributed by atoms with van der Waals surface area (Å²) < 4.78 is 0. The van der Waals surface area contributed by atoms with Gasteiger partial charge in [0, 0.05) is 13.1 Å². The van der Waals surface area contributed by atoms with E-state index in [-0.39, 0.29) is 11.9 Å². The van der Waals surface area contributed by atoms with Crippen molar-refractivity contribution in [1.82, 2.24) is 16.0 Å². The third-order valence-electron chi connectivity index (χ3n) is 3.32. The van der Waals surface area contributed by atoms with E-state index in [0.29, 0.717) is 25.4 Å². The second-order valence-corrected chi connectivity index (χ2v) is 6.03. The van der Waals surface area contributed by atoms with E-state index in [2.05, 4.69) is 22.5 Å². The Kier molecular flexibility index (Phi) is 7.88. The number of nitrogens with one attached hydrogen (secondary N) is 3. The predicted octanol–water partition coefficient (Wildman–Crippen LogP) is 2.51. The molecule has 0 saturated heterocycles. The molecule has 0 fully saturated rings. The zero-order chi connectivity index (χ0) is 17.2. The molecule has 3 amide bonds. The van der Waals surface area contributed by atoms with E-state index in [4.69, 9.17) is 0 Å². The van der Waals surface area contributed by atoms with Crippen LogP contribution in [0.2, 0.25) is 0 Å². The fourth-order valence-electron chi connectivity index (χ4n) is 2.10. The highest BCUT2D eigenvalue weighted by atomic mass is 16.2. The Morgan fingerprint density at radius 3 is 2.39 bits per heavy atom. The van der Waals surface area contributed by atoms with Crippen molar-refractivity contribution in [3.8, 4) is 0 Å². The molecule has 0 unspecified atom stereocenters. The Morgan fingerprint density at radius 2 is 1.83 bits per heavy atom. The first-order chi connectivity index (χ1) is 10.9. The zero-order valence-corrected chi connectivity index (χ0v) is 14.2. The quantitative estimate of drug-likeness (QED) is 0.645. The first-order valence-electron chi connectivity index (χ1n) is 7.91. The average molecular weight is 317 g/mol. The number of urea groups is 1. The number of hydrogen-bond donors (Lipinski definition) is 3. The molecule has 0 aliphatic heterocycles. The van der Waals surface area contributed by atoms with Gasteiger partial charge in [-0.15, -0.1) is 6.58 Å². The number of amides is 3. The maximum Gasteiger partial charge on any atom is 0.315 e. The molecule has 3 N–H and O–H groups in total. The molecule has 0 heterocycles. The minimum Gasteiger partial charge on any atom is -0.351 e.